The molecular formula is C18H17PSe+2. The molecule has 98 valence electrons. The average molecular weight is 343 g/mol. The standard InChI is InChI=1S/C18H16PSe/c20-19(16-10-4-1-5-11-16,17-12-6-2-7-13-17)18-14-8-3-9-15-18/h1-15,20H/q+1/p+1. The van der Waals surface area contributed by atoms with Gasteiger partial charge in [-0.05, 0) is 0 Å². The van der Waals surface area contributed by atoms with Crippen LogP contribution in [0, 0.1) is 0 Å². The van der Waals surface area contributed by atoms with E-state index in [0.29, 0.717) is 0 Å². The topological polar surface area (TPSA) is 0 Å². The van der Waals surface area contributed by atoms with Gasteiger partial charge >= 0.3 is 130 Å². The predicted molar refractivity (Wildman–Crippen MR) is 93.4 cm³/mol. The first-order valence-electron chi connectivity index (χ1n) is 6.60. The first kappa shape index (κ1) is 13.6. The van der Waals surface area contributed by atoms with Crippen molar-refractivity contribution in [3.8, 4) is 0 Å². The van der Waals surface area contributed by atoms with Crippen molar-refractivity contribution in [2.24, 2.45) is 0 Å². The van der Waals surface area contributed by atoms with Gasteiger partial charge in [-0.1, -0.05) is 0 Å². The molecule has 20 heavy (non-hydrogen) atoms. The van der Waals surface area contributed by atoms with Crippen LogP contribution in [0.15, 0.2) is 91.0 Å². The number of hydrogen-bond donors (Lipinski definition) is 0. The molecule has 0 bridgehead atoms. The van der Waals surface area contributed by atoms with Crippen LogP contribution in [0.4, 0.5) is 0 Å². The summed E-state index contributed by atoms with van der Waals surface area (Å²) in [7, 11) is 0. The van der Waals surface area contributed by atoms with Gasteiger partial charge in [0.25, 0.3) is 0 Å². The Bertz CT molecular complexity index is 575. The summed E-state index contributed by atoms with van der Waals surface area (Å²) in [6, 6.07) is 32.5. The Morgan fingerprint density at radius 1 is 0.500 bits per heavy atom. The van der Waals surface area contributed by atoms with E-state index in [1.54, 1.807) is 0 Å². The van der Waals surface area contributed by atoms with Gasteiger partial charge in [-0.25, -0.2) is 0 Å². The molecule has 2 heteroatoms. The molecule has 0 nitrogen and oxygen atoms in total. The monoisotopic (exact) mass is 344 g/mol. The van der Waals surface area contributed by atoms with Gasteiger partial charge in [0, 0.05) is 0 Å². The van der Waals surface area contributed by atoms with E-state index < -0.39 is 5.95 Å². The summed E-state index contributed by atoms with van der Waals surface area (Å²) in [5.41, 5.74) is 0. The van der Waals surface area contributed by atoms with E-state index in [1.165, 1.54) is 15.9 Å². The Labute approximate surface area is 130 Å². The molecule has 0 atom stereocenters. The van der Waals surface area contributed by atoms with Crippen LogP contribution in [0.5, 0.6) is 0 Å². The zero-order valence-electron chi connectivity index (χ0n) is 12.1. The minimum absolute atomic E-state index is 0. The normalized spacial score (nSPS) is 11.2. The van der Waals surface area contributed by atoms with E-state index >= 15 is 0 Å². The summed E-state index contributed by atoms with van der Waals surface area (Å²) in [6.07, 6.45) is 0. The molecule has 0 amide bonds. The predicted octanol–water partition coefficient (Wildman–Crippen LogP) is 2.91. The number of benzene rings is 3. The quantitative estimate of drug-likeness (QED) is 0.507. The molecule has 3 aromatic carbocycles. The maximum atomic E-state index is 2.98. The molecule has 0 saturated heterocycles. The third-order valence-electron chi connectivity index (χ3n) is 3.39. The van der Waals surface area contributed by atoms with E-state index in [0.717, 1.165) is 0 Å². The molecule has 3 rings (SSSR count). The molecule has 0 N–H and O–H groups in total. The average Bonchev–Trinajstić information content (AvgIpc) is 2.56. The number of rotatable bonds is 3. The van der Waals surface area contributed by atoms with Gasteiger partial charge in [-0.2, -0.15) is 0 Å². The van der Waals surface area contributed by atoms with E-state index in [1.807, 2.05) is 0 Å². The summed E-state index contributed by atoms with van der Waals surface area (Å²) in [4.78, 5) is 0. The fourth-order valence-electron chi connectivity index (χ4n) is 2.38. The van der Waals surface area contributed by atoms with Gasteiger partial charge < -0.3 is 0 Å². The Hall–Kier alpha value is -1.39. The third kappa shape index (κ3) is 2.45. The summed E-state index contributed by atoms with van der Waals surface area (Å²) >= 11 is 2.98. The second kappa shape index (κ2) is 5.94. The van der Waals surface area contributed by atoms with Crippen molar-refractivity contribution in [1.82, 2.24) is 0 Å². The van der Waals surface area contributed by atoms with Gasteiger partial charge in [-0.15, -0.1) is 0 Å². The molecule has 0 radical (unpaired) electrons. The van der Waals surface area contributed by atoms with Gasteiger partial charge in [-0.3, -0.25) is 0 Å². The molecule has 0 aromatic heterocycles. The Kier molecular flexibility index (Phi) is 4.03. The molecule has 0 saturated carbocycles. The van der Waals surface area contributed by atoms with Crippen LogP contribution in [0.3, 0.4) is 0 Å². The maximum absolute atomic E-state index is 2.98. The Morgan fingerprint density at radius 3 is 1.00 bits per heavy atom. The van der Waals surface area contributed by atoms with Crippen molar-refractivity contribution in [3.63, 3.8) is 0 Å². The molecule has 3 aromatic rings. The van der Waals surface area contributed by atoms with Crippen molar-refractivity contribution in [2.75, 3.05) is 0 Å². The molecule has 0 aliphatic heterocycles. The first-order valence-corrected chi connectivity index (χ1v) is 10.9. The zero-order valence-corrected chi connectivity index (χ0v) is 13.8. The van der Waals surface area contributed by atoms with E-state index in [4.69, 9.17) is 0 Å². The molecule has 0 heterocycles. The summed E-state index contributed by atoms with van der Waals surface area (Å²) in [6.45, 7) is 0. The second-order valence-electron chi connectivity index (χ2n) is 4.64. The Morgan fingerprint density at radius 2 is 0.750 bits per heavy atom. The van der Waals surface area contributed by atoms with Crippen LogP contribution in [0.1, 0.15) is 1.43 Å². The van der Waals surface area contributed by atoms with Gasteiger partial charge in [0.1, 0.15) is 0 Å². The first-order chi connectivity index (χ1) is 9.82. The van der Waals surface area contributed by atoms with Crippen molar-refractivity contribution < 1.29 is 1.43 Å². The molecule has 0 aliphatic rings. The van der Waals surface area contributed by atoms with Crippen LogP contribution < -0.4 is 15.9 Å². The van der Waals surface area contributed by atoms with Crippen molar-refractivity contribution in [2.45, 2.75) is 0 Å². The molecular weight excluding hydrogens is 326 g/mol. The second-order valence-corrected chi connectivity index (χ2v) is 11.2. The zero-order chi connectivity index (χ0) is 13.8. The molecule has 0 fully saturated rings. The van der Waals surface area contributed by atoms with E-state index in [-0.39, 0.29) is 1.43 Å². The fraction of sp³-hybridized carbons (Fsp3) is 0. The molecule has 0 aliphatic carbocycles. The summed E-state index contributed by atoms with van der Waals surface area (Å²) in [5, 5.41) is 4.20. The van der Waals surface area contributed by atoms with Crippen molar-refractivity contribution >= 4 is 37.4 Å². The number of hydrogen-bond acceptors (Lipinski definition) is 0. The summed E-state index contributed by atoms with van der Waals surface area (Å²) < 4.78 is 0. The summed E-state index contributed by atoms with van der Waals surface area (Å²) in [5.74, 6) is -1.59. The van der Waals surface area contributed by atoms with Gasteiger partial charge in [0.2, 0.25) is 0 Å². The van der Waals surface area contributed by atoms with Gasteiger partial charge in [0.05, 0.1) is 0 Å². The van der Waals surface area contributed by atoms with Crippen LogP contribution in [0.2, 0.25) is 0 Å². The Balaban J connectivity index is 0.00000161. The third-order valence-corrected chi connectivity index (χ3v) is 10.9. The van der Waals surface area contributed by atoms with Gasteiger partial charge in [0.15, 0.2) is 0 Å². The fourth-order valence-corrected chi connectivity index (χ4v) is 7.60. The molecule has 0 spiro atoms. The minimum atomic E-state index is -1.59. The van der Waals surface area contributed by atoms with E-state index in [2.05, 4.69) is 107 Å². The van der Waals surface area contributed by atoms with Crippen LogP contribution >= 0.6 is 5.95 Å². The molecule has 0 unspecified atom stereocenters. The van der Waals surface area contributed by atoms with Crippen molar-refractivity contribution in [3.05, 3.63) is 91.0 Å². The van der Waals surface area contributed by atoms with Crippen LogP contribution in [0.25, 0.3) is 0 Å². The SMILES string of the molecule is [H+].[SeH][P+](c1ccccc1)(c1ccccc1)c1ccccc1. The van der Waals surface area contributed by atoms with E-state index in [9.17, 15) is 0 Å². The van der Waals surface area contributed by atoms with Crippen molar-refractivity contribution in [1.29, 1.82) is 0 Å². The van der Waals surface area contributed by atoms with Crippen LogP contribution in [-0.4, -0.2) is 15.6 Å². The van der Waals surface area contributed by atoms with Crippen LogP contribution in [-0.2, 0) is 0 Å².